The molecule has 1 atom stereocenters. The molecule has 0 aromatic carbocycles. The first-order valence-electron chi connectivity index (χ1n) is 5.66. The number of aromatic nitrogens is 1. The van der Waals surface area contributed by atoms with Crippen LogP contribution in [0.15, 0.2) is 23.4 Å². The molecule has 0 aliphatic carbocycles. The Hall–Kier alpha value is -0.850. The first-order valence-corrected chi connectivity index (χ1v) is 7.10. The standard InChI is InChI=1S/C11H18N2O3S/c1-11(14)5-3-6-13(9-11)17(15,16)10-4-7-12(2)8-10/h4,7-8,14H,3,5-6,9H2,1-2H3. The third-order valence-corrected chi connectivity index (χ3v) is 4.91. The van der Waals surface area contributed by atoms with Gasteiger partial charge in [-0.3, -0.25) is 0 Å². The molecule has 1 aromatic heterocycles. The van der Waals surface area contributed by atoms with Crippen LogP contribution >= 0.6 is 0 Å². The fourth-order valence-electron chi connectivity index (χ4n) is 2.16. The average Bonchev–Trinajstić information content (AvgIpc) is 2.64. The zero-order chi connectivity index (χ0) is 12.7. The summed E-state index contributed by atoms with van der Waals surface area (Å²) in [7, 11) is -1.68. The number of aryl methyl sites for hydroxylation is 1. The summed E-state index contributed by atoms with van der Waals surface area (Å²) in [5.41, 5.74) is -0.917. The highest BCUT2D eigenvalue weighted by Gasteiger charge is 2.35. The topological polar surface area (TPSA) is 62.5 Å². The van der Waals surface area contributed by atoms with Gasteiger partial charge in [-0.1, -0.05) is 0 Å². The Morgan fingerprint density at radius 2 is 2.18 bits per heavy atom. The maximum atomic E-state index is 12.3. The number of aliphatic hydroxyl groups is 1. The molecule has 1 N–H and O–H groups in total. The van der Waals surface area contributed by atoms with E-state index in [1.54, 1.807) is 37.0 Å². The van der Waals surface area contributed by atoms with Crippen LogP contribution in [0, 0.1) is 0 Å². The van der Waals surface area contributed by atoms with Gasteiger partial charge in [-0.25, -0.2) is 8.42 Å². The van der Waals surface area contributed by atoms with Gasteiger partial charge in [0, 0.05) is 32.5 Å². The highest BCUT2D eigenvalue weighted by molar-refractivity contribution is 7.89. The van der Waals surface area contributed by atoms with E-state index in [9.17, 15) is 13.5 Å². The maximum Gasteiger partial charge on any atom is 0.244 e. The normalized spacial score (nSPS) is 27.2. The smallest absolute Gasteiger partial charge is 0.244 e. The number of nitrogens with zero attached hydrogens (tertiary/aromatic N) is 2. The van der Waals surface area contributed by atoms with Gasteiger partial charge in [-0.2, -0.15) is 4.31 Å². The summed E-state index contributed by atoms with van der Waals surface area (Å²) in [6.45, 7) is 2.33. The fourth-order valence-corrected chi connectivity index (χ4v) is 3.81. The van der Waals surface area contributed by atoms with Crippen molar-refractivity contribution < 1.29 is 13.5 Å². The molecule has 1 saturated heterocycles. The lowest BCUT2D eigenvalue weighted by molar-refractivity contribution is 0.00940. The summed E-state index contributed by atoms with van der Waals surface area (Å²) >= 11 is 0. The Morgan fingerprint density at radius 3 is 2.71 bits per heavy atom. The molecule has 2 rings (SSSR count). The van der Waals surface area contributed by atoms with Gasteiger partial charge in [-0.15, -0.1) is 0 Å². The third kappa shape index (κ3) is 2.53. The van der Waals surface area contributed by atoms with Crippen LogP contribution in [-0.4, -0.2) is 41.1 Å². The molecule has 17 heavy (non-hydrogen) atoms. The molecule has 0 radical (unpaired) electrons. The predicted octanol–water partition coefficient (Wildman–Crippen LogP) is 0.561. The van der Waals surface area contributed by atoms with Crippen molar-refractivity contribution in [2.24, 2.45) is 7.05 Å². The van der Waals surface area contributed by atoms with Crippen molar-refractivity contribution in [3.63, 3.8) is 0 Å². The van der Waals surface area contributed by atoms with E-state index in [2.05, 4.69) is 0 Å². The van der Waals surface area contributed by atoms with E-state index in [-0.39, 0.29) is 11.4 Å². The van der Waals surface area contributed by atoms with Crippen molar-refractivity contribution >= 4 is 10.0 Å². The number of β-amino-alcohol motifs (C(OH)–C–C–N with tert-alkyl or cyclic N) is 1. The van der Waals surface area contributed by atoms with Crippen LogP contribution < -0.4 is 0 Å². The molecule has 1 aromatic rings. The summed E-state index contributed by atoms with van der Waals surface area (Å²) < 4.78 is 27.6. The maximum absolute atomic E-state index is 12.3. The van der Waals surface area contributed by atoms with Crippen molar-refractivity contribution in [3.8, 4) is 0 Å². The van der Waals surface area contributed by atoms with E-state index in [0.29, 0.717) is 19.4 Å². The van der Waals surface area contributed by atoms with Gasteiger partial charge >= 0.3 is 0 Å². The minimum absolute atomic E-state index is 0.171. The average molecular weight is 258 g/mol. The van der Waals surface area contributed by atoms with E-state index < -0.39 is 15.6 Å². The van der Waals surface area contributed by atoms with Gasteiger partial charge in [0.05, 0.1) is 10.5 Å². The van der Waals surface area contributed by atoms with Crippen molar-refractivity contribution in [2.45, 2.75) is 30.3 Å². The zero-order valence-corrected chi connectivity index (χ0v) is 10.9. The second-order valence-corrected chi connectivity index (χ2v) is 6.89. The minimum atomic E-state index is -3.46. The second-order valence-electron chi connectivity index (χ2n) is 4.95. The molecular formula is C11H18N2O3S. The van der Waals surface area contributed by atoms with Crippen LogP contribution in [0.1, 0.15) is 19.8 Å². The first-order chi connectivity index (χ1) is 7.81. The SMILES string of the molecule is Cn1ccc(S(=O)(=O)N2CCCC(C)(O)C2)c1. The van der Waals surface area contributed by atoms with Crippen LogP contribution in [0.2, 0.25) is 0 Å². The lowest BCUT2D eigenvalue weighted by Crippen LogP contribution is -2.48. The number of hydrogen-bond acceptors (Lipinski definition) is 3. The van der Waals surface area contributed by atoms with Crippen molar-refractivity contribution in [1.29, 1.82) is 0 Å². The molecule has 2 heterocycles. The lowest BCUT2D eigenvalue weighted by Gasteiger charge is -2.35. The minimum Gasteiger partial charge on any atom is -0.389 e. The van der Waals surface area contributed by atoms with E-state index in [1.165, 1.54) is 4.31 Å². The number of hydrogen-bond donors (Lipinski definition) is 1. The largest absolute Gasteiger partial charge is 0.389 e. The molecule has 0 amide bonds. The van der Waals surface area contributed by atoms with E-state index >= 15 is 0 Å². The molecule has 1 aliphatic heterocycles. The number of sulfonamides is 1. The van der Waals surface area contributed by atoms with Gasteiger partial charge in [0.25, 0.3) is 0 Å². The molecule has 0 bridgehead atoms. The van der Waals surface area contributed by atoms with Gasteiger partial charge in [0.2, 0.25) is 10.0 Å². The molecule has 0 spiro atoms. The number of piperidine rings is 1. The fraction of sp³-hybridized carbons (Fsp3) is 0.636. The van der Waals surface area contributed by atoms with Crippen LogP contribution in [-0.2, 0) is 17.1 Å². The van der Waals surface area contributed by atoms with Crippen LogP contribution in [0.25, 0.3) is 0 Å². The monoisotopic (exact) mass is 258 g/mol. The summed E-state index contributed by atoms with van der Waals surface area (Å²) in [5.74, 6) is 0. The zero-order valence-electron chi connectivity index (χ0n) is 10.1. The molecule has 1 fully saturated rings. The second kappa shape index (κ2) is 4.12. The third-order valence-electron chi connectivity index (χ3n) is 3.08. The molecular weight excluding hydrogens is 240 g/mol. The summed E-state index contributed by atoms with van der Waals surface area (Å²) in [5, 5.41) is 9.95. The van der Waals surface area contributed by atoms with Gasteiger partial charge in [0.1, 0.15) is 0 Å². The van der Waals surface area contributed by atoms with E-state index in [4.69, 9.17) is 0 Å². The summed E-state index contributed by atoms with van der Waals surface area (Å²) in [6.07, 6.45) is 4.63. The Balaban J connectivity index is 2.27. The predicted molar refractivity (Wildman–Crippen MR) is 64.0 cm³/mol. The quantitative estimate of drug-likeness (QED) is 0.843. The lowest BCUT2D eigenvalue weighted by atomic mass is 9.97. The van der Waals surface area contributed by atoms with Crippen molar-refractivity contribution in [2.75, 3.05) is 13.1 Å². The molecule has 1 aliphatic rings. The van der Waals surface area contributed by atoms with E-state index in [0.717, 1.165) is 0 Å². The molecule has 96 valence electrons. The van der Waals surface area contributed by atoms with Gasteiger partial charge in [-0.05, 0) is 25.8 Å². The highest BCUT2D eigenvalue weighted by atomic mass is 32.2. The molecule has 6 heteroatoms. The molecule has 5 nitrogen and oxygen atoms in total. The van der Waals surface area contributed by atoms with Crippen molar-refractivity contribution in [1.82, 2.24) is 8.87 Å². The Labute approximate surface area is 102 Å². The highest BCUT2D eigenvalue weighted by Crippen LogP contribution is 2.25. The Bertz CT molecular complexity index is 505. The van der Waals surface area contributed by atoms with Crippen LogP contribution in [0.5, 0.6) is 0 Å². The van der Waals surface area contributed by atoms with E-state index in [1.807, 2.05) is 0 Å². The Kier molecular flexibility index (Phi) is 3.05. The number of rotatable bonds is 2. The van der Waals surface area contributed by atoms with Crippen LogP contribution in [0.4, 0.5) is 0 Å². The summed E-state index contributed by atoms with van der Waals surface area (Å²) in [6, 6.07) is 1.58. The molecule has 0 saturated carbocycles. The van der Waals surface area contributed by atoms with Gasteiger partial charge < -0.3 is 9.67 Å². The Morgan fingerprint density at radius 1 is 1.47 bits per heavy atom. The van der Waals surface area contributed by atoms with Crippen molar-refractivity contribution in [3.05, 3.63) is 18.5 Å². The molecule has 1 unspecified atom stereocenters. The first kappa shape index (κ1) is 12.6. The van der Waals surface area contributed by atoms with Crippen LogP contribution in [0.3, 0.4) is 0 Å². The van der Waals surface area contributed by atoms with Gasteiger partial charge in [0.15, 0.2) is 0 Å². The summed E-state index contributed by atoms with van der Waals surface area (Å²) in [4.78, 5) is 0.290.